The minimum Gasteiger partial charge on any atom is -0.469 e. The van der Waals surface area contributed by atoms with Crippen LogP contribution in [-0.4, -0.2) is 21.7 Å². The molecule has 0 bridgehead atoms. The average molecular weight is 355 g/mol. The molecule has 136 valence electrons. The zero-order valence-corrected chi connectivity index (χ0v) is 13.9. The normalized spacial score (nSPS) is 15.2. The first-order chi connectivity index (χ1) is 11.8. The van der Waals surface area contributed by atoms with Gasteiger partial charge >= 0.3 is 6.18 Å². The third-order valence-electron chi connectivity index (χ3n) is 4.38. The van der Waals surface area contributed by atoms with E-state index >= 15 is 0 Å². The van der Waals surface area contributed by atoms with Crippen LogP contribution in [0.1, 0.15) is 42.5 Å². The lowest BCUT2D eigenvalue weighted by molar-refractivity contribution is -0.142. The van der Waals surface area contributed by atoms with E-state index in [1.807, 2.05) is 13.0 Å². The largest absolute Gasteiger partial charge is 0.469 e. The van der Waals surface area contributed by atoms with Crippen LogP contribution in [0.4, 0.5) is 13.2 Å². The molecule has 0 spiro atoms. The number of alkyl halides is 3. The number of halogens is 3. The fourth-order valence-corrected chi connectivity index (χ4v) is 3.21. The smallest absolute Gasteiger partial charge is 0.435 e. The van der Waals surface area contributed by atoms with Crippen molar-refractivity contribution in [2.24, 2.45) is 0 Å². The Balaban J connectivity index is 1.59. The van der Waals surface area contributed by atoms with Crippen molar-refractivity contribution >= 4 is 5.91 Å². The van der Waals surface area contributed by atoms with Gasteiger partial charge in [-0.25, -0.2) is 0 Å². The third kappa shape index (κ3) is 4.05. The average Bonchev–Trinajstić information content (AvgIpc) is 3.22. The van der Waals surface area contributed by atoms with E-state index in [9.17, 15) is 18.0 Å². The second-order valence-corrected chi connectivity index (χ2v) is 6.37. The quantitative estimate of drug-likeness (QED) is 0.866. The molecule has 0 radical (unpaired) electrons. The first-order valence-corrected chi connectivity index (χ1v) is 8.32. The molecule has 0 fully saturated rings. The summed E-state index contributed by atoms with van der Waals surface area (Å²) in [6, 6.07) is 3.55. The maximum absolute atomic E-state index is 13.1. The third-order valence-corrected chi connectivity index (χ3v) is 4.38. The van der Waals surface area contributed by atoms with Crippen LogP contribution >= 0.6 is 0 Å². The monoisotopic (exact) mass is 355 g/mol. The predicted octanol–water partition coefficient (Wildman–Crippen LogP) is 3.12. The maximum Gasteiger partial charge on any atom is 0.435 e. The summed E-state index contributed by atoms with van der Waals surface area (Å²) in [5.41, 5.74) is -0.0736. The molecule has 0 saturated carbocycles. The lowest BCUT2D eigenvalue weighted by Gasteiger charge is -2.14. The van der Waals surface area contributed by atoms with Gasteiger partial charge in [0.05, 0.1) is 6.26 Å². The Morgan fingerprint density at radius 2 is 2.24 bits per heavy atom. The SMILES string of the molecule is C[C@H](CCc1ccco1)NC(=O)Cn1nc(C(F)(F)F)c2c1CCC2. The molecule has 1 aliphatic rings. The van der Waals surface area contributed by atoms with Crippen LogP contribution in [-0.2, 0) is 36.8 Å². The molecule has 2 aromatic heterocycles. The Morgan fingerprint density at radius 3 is 2.92 bits per heavy atom. The number of hydrogen-bond donors (Lipinski definition) is 1. The number of aryl methyl sites for hydroxylation is 1. The van der Waals surface area contributed by atoms with E-state index in [1.165, 1.54) is 4.68 Å². The molecule has 2 aromatic rings. The first-order valence-electron chi connectivity index (χ1n) is 8.32. The summed E-state index contributed by atoms with van der Waals surface area (Å²) in [7, 11) is 0. The number of amides is 1. The molecule has 3 rings (SSSR count). The highest BCUT2D eigenvalue weighted by atomic mass is 19.4. The standard InChI is InChI=1S/C17H20F3N3O2/c1-11(7-8-12-4-3-9-25-12)21-15(24)10-23-14-6-2-5-13(14)16(22-23)17(18,19)20/h3-4,9,11H,2,5-8,10H2,1H3,(H,21,24)/t11-/m1/s1. The second kappa shape index (κ2) is 6.93. The van der Waals surface area contributed by atoms with Gasteiger partial charge in [-0.3, -0.25) is 9.48 Å². The Bertz CT molecular complexity index is 735. The minimum atomic E-state index is -4.48. The highest BCUT2D eigenvalue weighted by molar-refractivity contribution is 5.76. The van der Waals surface area contributed by atoms with E-state index < -0.39 is 11.9 Å². The number of nitrogens with zero attached hydrogens (tertiary/aromatic N) is 2. The number of carbonyl (C=O) groups excluding carboxylic acids is 1. The Morgan fingerprint density at radius 1 is 1.44 bits per heavy atom. The van der Waals surface area contributed by atoms with E-state index in [0.717, 1.165) is 5.76 Å². The highest BCUT2D eigenvalue weighted by Gasteiger charge is 2.40. The lowest BCUT2D eigenvalue weighted by atomic mass is 10.1. The van der Waals surface area contributed by atoms with E-state index in [2.05, 4.69) is 10.4 Å². The summed E-state index contributed by atoms with van der Waals surface area (Å²) in [6.07, 6.45) is 0.0399. The number of aromatic nitrogens is 2. The van der Waals surface area contributed by atoms with Gasteiger partial charge in [-0.1, -0.05) is 0 Å². The van der Waals surface area contributed by atoms with Gasteiger partial charge in [0.2, 0.25) is 5.91 Å². The van der Waals surface area contributed by atoms with Crippen LogP contribution in [0.2, 0.25) is 0 Å². The molecule has 1 aliphatic carbocycles. The predicted molar refractivity (Wildman–Crippen MR) is 83.9 cm³/mol. The minimum absolute atomic E-state index is 0.108. The van der Waals surface area contributed by atoms with Crippen LogP contribution in [0.3, 0.4) is 0 Å². The van der Waals surface area contributed by atoms with Gasteiger partial charge in [-0.15, -0.1) is 0 Å². The number of nitrogens with one attached hydrogen (secondary N) is 1. The van der Waals surface area contributed by atoms with Gasteiger partial charge in [0.15, 0.2) is 5.69 Å². The van der Waals surface area contributed by atoms with E-state index in [1.54, 1.807) is 12.3 Å². The number of furan rings is 1. The summed E-state index contributed by atoms with van der Waals surface area (Å²) >= 11 is 0. The van der Waals surface area contributed by atoms with E-state index in [0.29, 0.717) is 37.8 Å². The molecule has 0 aliphatic heterocycles. The molecule has 25 heavy (non-hydrogen) atoms. The van der Waals surface area contributed by atoms with Crippen molar-refractivity contribution in [2.75, 3.05) is 0 Å². The molecule has 1 amide bonds. The van der Waals surface area contributed by atoms with Crippen molar-refractivity contribution in [3.05, 3.63) is 41.1 Å². The number of rotatable bonds is 6. The van der Waals surface area contributed by atoms with Gasteiger partial charge in [0.1, 0.15) is 12.3 Å². The Kier molecular flexibility index (Phi) is 4.87. The molecule has 0 saturated heterocycles. The topological polar surface area (TPSA) is 60.1 Å². The molecule has 1 atom stereocenters. The molecule has 0 aromatic carbocycles. The second-order valence-electron chi connectivity index (χ2n) is 6.37. The molecular weight excluding hydrogens is 335 g/mol. The fraction of sp³-hybridized carbons (Fsp3) is 0.529. The first kappa shape index (κ1) is 17.6. The van der Waals surface area contributed by atoms with Gasteiger partial charge in [-0.05, 0) is 44.7 Å². The van der Waals surface area contributed by atoms with Crippen molar-refractivity contribution < 1.29 is 22.4 Å². The van der Waals surface area contributed by atoms with Gasteiger partial charge in [-0.2, -0.15) is 18.3 Å². The summed E-state index contributed by atoms with van der Waals surface area (Å²) in [5, 5.41) is 6.46. The van der Waals surface area contributed by atoms with Crippen LogP contribution in [0.15, 0.2) is 22.8 Å². The molecule has 2 heterocycles. The maximum atomic E-state index is 13.1. The molecule has 5 nitrogen and oxygen atoms in total. The Hall–Kier alpha value is -2.25. The number of fused-ring (bicyclic) bond motifs is 1. The zero-order chi connectivity index (χ0) is 18.0. The molecule has 1 N–H and O–H groups in total. The van der Waals surface area contributed by atoms with Crippen LogP contribution in [0, 0.1) is 0 Å². The van der Waals surface area contributed by atoms with Crippen molar-refractivity contribution in [2.45, 2.75) is 57.8 Å². The van der Waals surface area contributed by atoms with Gasteiger partial charge in [0.25, 0.3) is 0 Å². The summed E-state index contributed by atoms with van der Waals surface area (Å²) < 4.78 is 45.6. The fourth-order valence-electron chi connectivity index (χ4n) is 3.21. The van der Waals surface area contributed by atoms with Crippen LogP contribution < -0.4 is 5.32 Å². The lowest BCUT2D eigenvalue weighted by Crippen LogP contribution is -2.36. The number of carbonyl (C=O) groups is 1. The van der Waals surface area contributed by atoms with E-state index in [-0.39, 0.29) is 24.1 Å². The van der Waals surface area contributed by atoms with E-state index in [4.69, 9.17) is 4.42 Å². The highest BCUT2D eigenvalue weighted by Crippen LogP contribution is 2.36. The molecule has 0 unspecified atom stereocenters. The van der Waals surface area contributed by atoms with Crippen LogP contribution in [0.5, 0.6) is 0 Å². The van der Waals surface area contributed by atoms with Gasteiger partial charge in [0, 0.05) is 23.7 Å². The van der Waals surface area contributed by atoms with Crippen molar-refractivity contribution in [3.63, 3.8) is 0 Å². The summed E-state index contributed by atoms with van der Waals surface area (Å²) in [5.74, 6) is 0.499. The van der Waals surface area contributed by atoms with Crippen molar-refractivity contribution in [1.82, 2.24) is 15.1 Å². The molecular formula is C17H20F3N3O2. The number of hydrogen-bond acceptors (Lipinski definition) is 3. The Labute approximate surface area is 143 Å². The van der Waals surface area contributed by atoms with Gasteiger partial charge < -0.3 is 9.73 Å². The summed E-state index contributed by atoms with van der Waals surface area (Å²) in [4.78, 5) is 12.2. The van der Waals surface area contributed by atoms with Crippen molar-refractivity contribution in [3.8, 4) is 0 Å². The molecule has 8 heteroatoms. The zero-order valence-electron chi connectivity index (χ0n) is 13.9. The summed E-state index contributed by atoms with van der Waals surface area (Å²) in [6.45, 7) is 1.67. The van der Waals surface area contributed by atoms with Crippen molar-refractivity contribution in [1.29, 1.82) is 0 Å². The van der Waals surface area contributed by atoms with Crippen LogP contribution in [0.25, 0.3) is 0 Å².